The van der Waals surface area contributed by atoms with Crippen molar-refractivity contribution in [3.8, 4) is 0 Å². The Labute approximate surface area is 122 Å². The number of hydrogen-bond donors (Lipinski definition) is 0. The van der Waals surface area contributed by atoms with Crippen molar-refractivity contribution >= 4 is 5.78 Å². The predicted molar refractivity (Wildman–Crippen MR) is 81.4 cm³/mol. The van der Waals surface area contributed by atoms with E-state index in [2.05, 4.69) is 43.4 Å². The molecule has 1 saturated heterocycles. The third kappa shape index (κ3) is 2.32. The minimum absolute atomic E-state index is 0.109. The van der Waals surface area contributed by atoms with Gasteiger partial charge in [-0.15, -0.1) is 0 Å². The average molecular weight is 274 g/mol. The van der Waals surface area contributed by atoms with Crippen molar-refractivity contribution in [2.24, 2.45) is 5.41 Å². The van der Waals surface area contributed by atoms with Crippen LogP contribution < -0.4 is 0 Å². The van der Waals surface area contributed by atoms with E-state index in [-0.39, 0.29) is 5.41 Å². The van der Waals surface area contributed by atoms with Crippen LogP contribution in [0.15, 0.2) is 6.07 Å². The number of aromatic nitrogens is 1. The smallest absolute Gasteiger partial charge is 0.165 e. The Balaban J connectivity index is 1.98. The van der Waals surface area contributed by atoms with Crippen molar-refractivity contribution < 1.29 is 4.79 Å². The molecule has 1 aliphatic carbocycles. The second kappa shape index (κ2) is 4.73. The molecule has 0 amide bonds. The molecule has 0 N–H and O–H groups in total. The van der Waals surface area contributed by atoms with Gasteiger partial charge >= 0.3 is 0 Å². The van der Waals surface area contributed by atoms with Crippen LogP contribution in [-0.4, -0.2) is 35.4 Å². The third-order valence-corrected chi connectivity index (χ3v) is 4.97. The normalized spacial score (nSPS) is 23.9. The molecule has 1 aromatic rings. The lowest BCUT2D eigenvalue weighted by Crippen LogP contribution is -2.34. The van der Waals surface area contributed by atoms with Crippen molar-refractivity contribution in [3.05, 3.63) is 23.0 Å². The summed E-state index contributed by atoms with van der Waals surface area (Å²) < 4.78 is 2.49. The van der Waals surface area contributed by atoms with Gasteiger partial charge in [-0.05, 0) is 57.8 Å². The molecule has 0 spiro atoms. The van der Waals surface area contributed by atoms with Crippen LogP contribution in [0.1, 0.15) is 60.9 Å². The lowest BCUT2D eigenvalue weighted by Gasteiger charge is -2.35. The highest BCUT2D eigenvalue weighted by molar-refractivity contribution is 5.99. The summed E-state index contributed by atoms with van der Waals surface area (Å²) in [6.07, 6.45) is 4.13. The molecule has 3 nitrogen and oxygen atoms in total. The number of aryl methyl sites for hydroxylation is 1. The van der Waals surface area contributed by atoms with Gasteiger partial charge in [0.05, 0.1) is 0 Å². The van der Waals surface area contributed by atoms with E-state index in [1.54, 1.807) is 0 Å². The summed E-state index contributed by atoms with van der Waals surface area (Å²) in [6, 6.07) is 2.71. The number of likely N-dealkylation sites (tertiary alicyclic amines) is 1. The van der Waals surface area contributed by atoms with Gasteiger partial charge in [0.25, 0.3) is 0 Å². The van der Waals surface area contributed by atoms with Crippen LogP contribution in [0.5, 0.6) is 0 Å². The molecule has 0 atom stereocenters. The molecule has 1 aromatic heterocycles. The van der Waals surface area contributed by atoms with Gasteiger partial charge in [-0.3, -0.25) is 4.79 Å². The molecule has 20 heavy (non-hydrogen) atoms. The highest BCUT2D eigenvalue weighted by Gasteiger charge is 2.35. The zero-order valence-corrected chi connectivity index (χ0v) is 13.2. The topological polar surface area (TPSA) is 25.2 Å². The first-order chi connectivity index (χ1) is 9.37. The number of carbonyl (C=O) groups excluding carboxylic acids is 1. The number of ketones is 1. The van der Waals surface area contributed by atoms with Crippen LogP contribution in [0.2, 0.25) is 0 Å². The standard InChI is InChI=1S/C17H26N2O/c1-12-9-14-15(10-17(2,3)11-16(14)20)19(12)13-5-7-18(4)8-6-13/h9,13H,5-8,10-11H2,1-4H3. The van der Waals surface area contributed by atoms with E-state index in [0.717, 1.165) is 25.1 Å². The molecule has 0 aromatic carbocycles. The number of hydrogen-bond acceptors (Lipinski definition) is 2. The zero-order chi connectivity index (χ0) is 14.5. The molecule has 2 aliphatic rings. The van der Waals surface area contributed by atoms with Crippen LogP contribution in [0.3, 0.4) is 0 Å². The molecule has 0 unspecified atom stereocenters. The van der Waals surface area contributed by atoms with E-state index in [4.69, 9.17) is 0 Å². The Morgan fingerprint density at radius 1 is 1.20 bits per heavy atom. The van der Waals surface area contributed by atoms with E-state index < -0.39 is 0 Å². The molecule has 0 bridgehead atoms. The first-order valence-corrected chi connectivity index (χ1v) is 7.80. The Hall–Kier alpha value is -1.09. The second-order valence-corrected chi connectivity index (χ2v) is 7.49. The number of fused-ring (bicyclic) bond motifs is 1. The number of piperidine rings is 1. The van der Waals surface area contributed by atoms with E-state index in [1.807, 2.05) is 0 Å². The van der Waals surface area contributed by atoms with Crippen molar-refractivity contribution in [1.82, 2.24) is 9.47 Å². The monoisotopic (exact) mass is 274 g/mol. The second-order valence-electron chi connectivity index (χ2n) is 7.49. The number of carbonyl (C=O) groups is 1. The minimum atomic E-state index is 0.109. The minimum Gasteiger partial charge on any atom is -0.345 e. The molecule has 110 valence electrons. The largest absolute Gasteiger partial charge is 0.345 e. The summed E-state index contributed by atoms with van der Waals surface area (Å²) in [5.41, 5.74) is 3.69. The Morgan fingerprint density at radius 2 is 1.85 bits per heavy atom. The molecular weight excluding hydrogens is 248 g/mol. The maximum Gasteiger partial charge on any atom is 0.165 e. The van der Waals surface area contributed by atoms with E-state index >= 15 is 0 Å². The molecule has 0 saturated carbocycles. The third-order valence-electron chi connectivity index (χ3n) is 4.97. The first-order valence-electron chi connectivity index (χ1n) is 7.80. The molecule has 2 heterocycles. The van der Waals surface area contributed by atoms with Crippen LogP contribution in [0.4, 0.5) is 0 Å². The summed E-state index contributed by atoms with van der Waals surface area (Å²) in [6.45, 7) is 8.92. The number of nitrogens with zero attached hydrogens (tertiary/aromatic N) is 2. The van der Waals surface area contributed by atoms with Gasteiger partial charge in [0.15, 0.2) is 5.78 Å². The SMILES string of the molecule is Cc1cc2c(n1C1CCN(C)CC1)CC(C)(C)CC2=O. The highest BCUT2D eigenvalue weighted by Crippen LogP contribution is 2.39. The van der Waals surface area contributed by atoms with E-state index in [9.17, 15) is 4.79 Å². The number of Topliss-reactive ketones (excluding diaryl/α,β-unsaturated/α-hetero) is 1. The van der Waals surface area contributed by atoms with Crippen molar-refractivity contribution in [2.75, 3.05) is 20.1 Å². The Kier molecular flexibility index (Phi) is 3.28. The highest BCUT2D eigenvalue weighted by atomic mass is 16.1. The van der Waals surface area contributed by atoms with Crippen LogP contribution >= 0.6 is 0 Å². The molecule has 1 aliphatic heterocycles. The summed E-state index contributed by atoms with van der Waals surface area (Å²) in [4.78, 5) is 14.8. The van der Waals surface area contributed by atoms with Gasteiger partial charge in [-0.2, -0.15) is 0 Å². The lowest BCUT2D eigenvalue weighted by molar-refractivity contribution is 0.0908. The van der Waals surface area contributed by atoms with Gasteiger partial charge in [-0.1, -0.05) is 13.8 Å². The zero-order valence-electron chi connectivity index (χ0n) is 13.2. The van der Waals surface area contributed by atoms with Crippen LogP contribution in [0, 0.1) is 12.3 Å². The van der Waals surface area contributed by atoms with Crippen molar-refractivity contribution in [2.45, 2.75) is 52.5 Å². The van der Waals surface area contributed by atoms with E-state index in [1.165, 1.54) is 24.2 Å². The van der Waals surface area contributed by atoms with Crippen molar-refractivity contribution in [1.29, 1.82) is 0 Å². The maximum atomic E-state index is 12.4. The van der Waals surface area contributed by atoms with Gasteiger partial charge < -0.3 is 9.47 Å². The Morgan fingerprint density at radius 3 is 2.50 bits per heavy atom. The maximum absolute atomic E-state index is 12.4. The summed E-state index contributed by atoms with van der Waals surface area (Å²) in [7, 11) is 2.20. The van der Waals surface area contributed by atoms with Gasteiger partial charge in [0.1, 0.15) is 0 Å². The fraction of sp³-hybridized carbons (Fsp3) is 0.706. The predicted octanol–water partition coefficient (Wildman–Crippen LogP) is 3.22. The summed E-state index contributed by atoms with van der Waals surface area (Å²) in [5, 5.41) is 0. The average Bonchev–Trinajstić information content (AvgIpc) is 2.66. The van der Waals surface area contributed by atoms with Crippen LogP contribution in [0.25, 0.3) is 0 Å². The van der Waals surface area contributed by atoms with Crippen LogP contribution in [-0.2, 0) is 6.42 Å². The lowest BCUT2D eigenvalue weighted by atomic mass is 9.76. The fourth-order valence-electron chi connectivity index (χ4n) is 3.93. The summed E-state index contributed by atoms with van der Waals surface area (Å²) >= 11 is 0. The van der Waals surface area contributed by atoms with Gasteiger partial charge in [-0.25, -0.2) is 0 Å². The van der Waals surface area contributed by atoms with Gasteiger partial charge in [0, 0.05) is 29.4 Å². The summed E-state index contributed by atoms with van der Waals surface area (Å²) in [5.74, 6) is 0.339. The molecule has 1 fully saturated rings. The quantitative estimate of drug-likeness (QED) is 0.785. The molecule has 3 heteroatoms. The van der Waals surface area contributed by atoms with Gasteiger partial charge in [0.2, 0.25) is 0 Å². The van der Waals surface area contributed by atoms with Crippen molar-refractivity contribution in [3.63, 3.8) is 0 Å². The Bertz CT molecular complexity index is 533. The first kappa shape index (κ1) is 13.9. The molecular formula is C17H26N2O. The number of rotatable bonds is 1. The fourth-order valence-corrected chi connectivity index (χ4v) is 3.93. The molecule has 0 radical (unpaired) electrons. The van der Waals surface area contributed by atoms with E-state index in [0.29, 0.717) is 18.2 Å². The molecule has 3 rings (SSSR count).